The van der Waals surface area contributed by atoms with E-state index >= 15 is 0 Å². The largest absolute Gasteiger partial charge is 0.389 e. The lowest BCUT2D eigenvalue weighted by molar-refractivity contribution is 0.0207. The summed E-state index contributed by atoms with van der Waals surface area (Å²) in [5.74, 6) is 0. The number of aromatic nitrogens is 2. The third-order valence-corrected chi connectivity index (χ3v) is 6.28. The number of aliphatic hydroxyl groups is 1. The molecule has 3 heterocycles. The molecule has 0 bridgehead atoms. The van der Waals surface area contributed by atoms with Gasteiger partial charge in [-0.2, -0.15) is 0 Å². The highest BCUT2D eigenvalue weighted by Gasteiger charge is 2.21. The van der Waals surface area contributed by atoms with E-state index in [1.165, 1.54) is 15.0 Å². The van der Waals surface area contributed by atoms with Crippen molar-refractivity contribution in [1.82, 2.24) is 9.55 Å². The Bertz CT molecular complexity index is 899. The summed E-state index contributed by atoms with van der Waals surface area (Å²) in [7, 11) is 0. The van der Waals surface area contributed by atoms with Crippen molar-refractivity contribution in [3.05, 3.63) is 49.5 Å². The maximum Gasteiger partial charge on any atom is 0.262 e. The molecule has 3 aromatic rings. The zero-order chi connectivity index (χ0) is 16.5. The van der Waals surface area contributed by atoms with Gasteiger partial charge in [-0.15, -0.1) is 22.7 Å². The molecule has 0 spiro atoms. The Balaban J connectivity index is 1.46. The zero-order valence-electron chi connectivity index (χ0n) is 13.1. The summed E-state index contributed by atoms with van der Waals surface area (Å²) in [6, 6.07) is 3.97. The third-order valence-electron chi connectivity index (χ3n) is 4.23. The van der Waals surface area contributed by atoms with Gasteiger partial charge < -0.3 is 9.84 Å². The number of hydrogen-bond donors (Lipinski definition) is 1. The van der Waals surface area contributed by atoms with E-state index < -0.39 is 6.10 Å². The van der Waals surface area contributed by atoms with Gasteiger partial charge >= 0.3 is 0 Å². The van der Waals surface area contributed by atoms with Gasteiger partial charge in [0, 0.05) is 9.75 Å². The maximum absolute atomic E-state index is 12.7. The van der Waals surface area contributed by atoms with Crippen LogP contribution in [0.3, 0.4) is 0 Å². The van der Waals surface area contributed by atoms with Crippen molar-refractivity contribution in [2.45, 2.75) is 38.5 Å². The molecular weight excluding hydrogens is 344 g/mol. The number of thiophene rings is 2. The van der Waals surface area contributed by atoms with Crippen molar-refractivity contribution in [1.29, 1.82) is 0 Å². The summed E-state index contributed by atoms with van der Waals surface area (Å²) in [4.78, 5) is 20.4. The molecule has 0 radical (unpaired) electrons. The van der Waals surface area contributed by atoms with Crippen LogP contribution < -0.4 is 5.56 Å². The van der Waals surface area contributed by atoms with Crippen LogP contribution in [0.1, 0.15) is 21.7 Å². The molecule has 0 unspecified atom stereocenters. The van der Waals surface area contributed by atoms with Gasteiger partial charge in [0.25, 0.3) is 5.56 Å². The van der Waals surface area contributed by atoms with Crippen LogP contribution >= 0.6 is 22.7 Å². The Morgan fingerprint density at radius 2 is 2.33 bits per heavy atom. The number of hydrogen-bond acceptors (Lipinski definition) is 6. The quantitative estimate of drug-likeness (QED) is 0.732. The highest BCUT2D eigenvalue weighted by atomic mass is 32.1. The minimum absolute atomic E-state index is 0.0447. The van der Waals surface area contributed by atoms with Gasteiger partial charge in [0.15, 0.2) is 0 Å². The van der Waals surface area contributed by atoms with Crippen molar-refractivity contribution in [3.63, 3.8) is 0 Å². The average molecular weight is 362 g/mol. The second kappa shape index (κ2) is 6.76. The van der Waals surface area contributed by atoms with Crippen LogP contribution in [0.15, 0.2) is 28.6 Å². The monoisotopic (exact) mass is 362 g/mol. The number of nitrogens with zero attached hydrogens (tertiary/aromatic N) is 2. The predicted molar refractivity (Wildman–Crippen MR) is 95.9 cm³/mol. The second-order valence-corrected chi connectivity index (χ2v) is 8.10. The SMILES string of the molecule is O=c1c2c3c(sc2ncn1C[C@H](O)COCc1cccs1)CCC3. The fraction of sp³-hybridized carbons (Fsp3) is 0.412. The average Bonchev–Trinajstić information content (AvgIpc) is 3.26. The molecule has 5 nitrogen and oxygen atoms in total. The first-order chi connectivity index (χ1) is 11.7. The molecule has 1 atom stereocenters. The molecule has 7 heteroatoms. The predicted octanol–water partition coefficient (Wildman–Crippen LogP) is 2.59. The first-order valence-electron chi connectivity index (χ1n) is 8.00. The normalized spacial score (nSPS) is 15.0. The second-order valence-electron chi connectivity index (χ2n) is 5.99. The molecular formula is C17H18N2O3S2. The van der Waals surface area contributed by atoms with Gasteiger partial charge in [-0.05, 0) is 36.3 Å². The van der Waals surface area contributed by atoms with E-state index in [2.05, 4.69) is 4.98 Å². The van der Waals surface area contributed by atoms with E-state index in [4.69, 9.17) is 4.74 Å². The van der Waals surface area contributed by atoms with Crippen LogP contribution in [0.25, 0.3) is 10.2 Å². The van der Waals surface area contributed by atoms with Gasteiger partial charge in [-0.3, -0.25) is 9.36 Å². The van der Waals surface area contributed by atoms with Crippen molar-refractivity contribution in [2.24, 2.45) is 0 Å². The Labute approximate surface area is 147 Å². The number of fused-ring (bicyclic) bond motifs is 3. The van der Waals surface area contributed by atoms with E-state index in [9.17, 15) is 9.90 Å². The summed E-state index contributed by atoms with van der Waals surface area (Å²) in [6.07, 6.45) is 3.94. The zero-order valence-corrected chi connectivity index (χ0v) is 14.7. The lowest BCUT2D eigenvalue weighted by atomic mass is 10.2. The van der Waals surface area contributed by atoms with Gasteiger partial charge in [0.1, 0.15) is 4.83 Å². The van der Waals surface area contributed by atoms with Gasteiger partial charge in [-0.1, -0.05) is 6.07 Å². The van der Waals surface area contributed by atoms with Crippen LogP contribution in [-0.4, -0.2) is 27.4 Å². The highest BCUT2D eigenvalue weighted by molar-refractivity contribution is 7.18. The smallest absolute Gasteiger partial charge is 0.262 e. The number of aryl methyl sites for hydroxylation is 2. The number of aliphatic hydroxyl groups excluding tert-OH is 1. The van der Waals surface area contributed by atoms with Crippen molar-refractivity contribution in [2.75, 3.05) is 6.61 Å². The first-order valence-corrected chi connectivity index (χ1v) is 9.70. The Morgan fingerprint density at radius 3 is 3.17 bits per heavy atom. The maximum atomic E-state index is 12.7. The topological polar surface area (TPSA) is 64.4 Å². The molecule has 3 aromatic heterocycles. The van der Waals surface area contributed by atoms with Crippen LogP contribution in [0.4, 0.5) is 0 Å². The van der Waals surface area contributed by atoms with E-state index in [-0.39, 0.29) is 18.7 Å². The van der Waals surface area contributed by atoms with Crippen molar-refractivity contribution >= 4 is 32.9 Å². The van der Waals surface area contributed by atoms with Gasteiger partial charge in [-0.25, -0.2) is 4.98 Å². The molecule has 126 valence electrons. The minimum atomic E-state index is -0.728. The molecule has 0 aliphatic heterocycles. The molecule has 24 heavy (non-hydrogen) atoms. The fourth-order valence-corrected chi connectivity index (χ4v) is 4.98. The summed E-state index contributed by atoms with van der Waals surface area (Å²) in [5, 5.41) is 12.9. The molecule has 0 saturated heterocycles. The van der Waals surface area contributed by atoms with E-state index in [1.807, 2.05) is 17.5 Å². The molecule has 0 aromatic carbocycles. The summed E-state index contributed by atoms with van der Waals surface area (Å²) in [5.41, 5.74) is 1.13. The molecule has 1 aliphatic rings. The summed E-state index contributed by atoms with van der Waals surface area (Å²) >= 11 is 3.25. The minimum Gasteiger partial charge on any atom is -0.389 e. The van der Waals surface area contributed by atoms with Gasteiger partial charge in [0.05, 0.1) is 37.6 Å². The van der Waals surface area contributed by atoms with Crippen LogP contribution in [0.5, 0.6) is 0 Å². The molecule has 0 amide bonds. The van der Waals surface area contributed by atoms with E-state index in [0.29, 0.717) is 6.61 Å². The van der Waals surface area contributed by atoms with Crippen LogP contribution in [0, 0.1) is 0 Å². The Hall–Kier alpha value is -1.54. The van der Waals surface area contributed by atoms with Crippen LogP contribution in [0.2, 0.25) is 0 Å². The molecule has 0 fully saturated rings. The fourth-order valence-electron chi connectivity index (χ4n) is 3.12. The van der Waals surface area contributed by atoms with Crippen molar-refractivity contribution < 1.29 is 9.84 Å². The lowest BCUT2D eigenvalue weighted by Crippen LogP contribution is -2.29. The lowest BCUT2D eigenvalue weighted by Gasteiger charge is -2.12. The summed E-state index contributed by atoms with van der Waals surface area (Å²) < 4.78 is 7.03. The molecule has 1 aliphatic carbocycles. The van der Waals surface area contributed by atoms with Crippen molar-refractivity contribution in [3.8, 4) is 0 Å². The van der Waals surface area contributed by atoms with Gasteiger partial charge in [0.2, 0.25) is 0 Å². The van der Waals surface area contributed by atoms with Crippen LogP contribution in [-0.2, 0) is 30.7 Å². The highest BCUT2D eigenvalue weighted by Crippen LogP contribution is 2.34. The standard InChI is InChI=1S/C17H18N2O3S2/c20-11(8-22-9-12-3-2-6-23-12)7-19-10-18-16-15(17(19)21)13-4-1-5-14(13)24-16/h2-3,6,10-11,20H,1,4-5,7-9H2/t11-/m0/s1. The third kappa shape index (κ3) is 3.04. The van der Waals surface area contributed by atoms with E-state index in [1.54, 1.807) is 29.0 Å². The molecule has 4 rings (SSSR count). The number of rotatable bonds is 6. The van der Waals surface area contributed by atoms with E-state index in [0.717, 1.165) is 34.4 Å². The number of ether oxygens (including phenoxy) is 1. The molecule has 0 saturated carbocycles. The first kappa shape index (κ1) is 16.0. The molecule has 1 N–H and O–H groups in total. The summed E-state index contributed by atoms with van der Waals surface area (Å²) in [6.45, 7) is 0.889. The Kier molecular flexibility index (Phi) is 4.49. The Morgan fingerprint density at radius 1 is 1.42 bits per heavy atom.